The van der Waals surface area contributed by atoms with Gasteiger partial charge in [0.2, 0.25) is 0 Å². The van der Waals surface area contributed by atoms with E-state index in [1.807, 2.05) is 0 Å². The molecule has 0 aliphatic carbocycles. The van der Waals surface area contributed by atoms with Gasteiger partial charge in [0.1, 0.15) is 0 Å². The van der Waals surface area contributed by atoms with E-state index in [1.54, 1.807) is 0 Å². The van der Waals surface area contributed by atoms with E-state index < -0.39 is 0 Å². The van der Waals surface area contributed by atoms with Crippen molar-refractivity contribution < 1.29 is 24.4 Å². The molecular formula is C19H15Hf. The van der Waals surface area contributed by atoms with Crippen molar-refractivity contribution in [2.75, 3.05) is 0 Å². The Balaban J connectivity index is 2.24. The third kappa shape index (κ3) is 2.43. The second kappa shape index (κ2) is 5.88. The molecule has 0 bridgehead atoms. The summed E-state index contributed by atoms with van der Waals surface area (Å²) >= 11 is 1.03. The van der Waals surface area contributed by atoms with Gasteiger partial charge in [0.15, 0.2) is 0 Å². The van der Waals surface area contributed by atoms with Crippen LogP contribution in [0.1, 0.15) is 16.7 Å². The molecule has 0 N–H and O–H groups in total. The summed E-state index contributed by atoms with van der Waals surface area (Å²) in [6.07, 6.45) is 0. The van der Waals surface area contributed by atoms with Gasteiger partial charge >= 0.3 is 135 Å². The molecule has 0 aromatic heterocycles. The predicted octanol–water partition coefficient (Wildman–Crippen LogP) is 4.53. The average molecular weight is 422 g/mol. The van der Waals surface area contributed by atoms with Crippen molar-refractivity contribution in [3.63, 3.8) is 0 Å². The van der Waals surface area contributed by atoms with Crippen LogP contribution in [0.2, 0.25) is 0 Å². The quantitative estimate of drug-likeness (QED) is 0.431. The topological polar surface area (TPSA) is 0 Å². The van der Waals surface area contributed by atoms with Gasteiger partial charge in [-0.15, -0.1) is 0 Å². The van der Waals surface area contributed by atoms with Gasteiger partial charge < -0.3 is 0 Å². The second-order valence-electron chi connectivity index (χ2n) is 4.85. The normalized spacial score (nSPS) is 11.2. The van der Waals surface area contributed by atoms with E-state index in [-0.39, 0.29) is 3.17 Å². The van der Waals surface area contributed by atoms with Gasteiger partial charge in [-0.25, -0.2) is 0 Å². The first kappa shape index (κ1) is 13.5. The molecule has 3 aromatic rings. The molecule has 3 aromatic carbocycles. The SMILES string of the molecule is [Hf][C](c1ccccc1)(c1ccccc1)c1ccccc1. The van der Waals surface area contributed by atoms with Gasteiger partial charge in [-0.05, 0) is 0 Å². The molecule has 0 radical (unpaired) electrons. The summed E-state index contributed by atoms with van der Waals surface area (Å²) in [7, 11) is 0. The van der Waals surface area contributed by atoms with Gasteiger partial charge in [-0.3, -0.25) is 0 Å². The van der Waals surface area contributed by atoms with Crippen LogP contribution in [-0.2, 0) is 27.5 Å². The molecule has 95 valence electrons. The third-order valence-electron chi connectivity index (χ3n) is 3.62. The van der Waals surface area contributed by atoms with E-state index in [0.717, 1.165) is 24.4 Å². The fraction of sp³-hybridized carbons (Fsp3) is 0.0526. The third-order valence-corrected chi connectivity index (χ3v) is 6.73. The fourth-order valence-corrected chi connectivity index (χ4v) is 4.36. The molecule has 1 heteroatoms. The Bertz CT molecular complexity index is 563. The molecule has 0 aliphatic heterocycles. The Morgan fingerprint density at radius 2 is 0.700 bits per heavy atom. The van der Waals surface area contributed by atoms with Crippen LogP contribution in [0.5, 0.6) is 0 Å². The second-order valence-corrected chi connectivity index (χ2v) is 7.54. The summed E-state index contributed by atoms with van der Waals surface area (Å²) in [5.74, 6) is 0. The Kier molecular flexibility index (Phi) is 3.98. The average Bonchev–Trinajstić information content (AvgIpc) is 2.56. The molecule has 0 unspecified atom stereocenters. The minimum atomic E-state index is 0.0176. The van der Waals surface area contributed by atoms with Crippen LogP contribution in [-0.4, -0.2) is 0 Å². The van der Waals surface area contributed by atoms with E-state index in [0.29, 0.717) is 0 Å². The summed E-state index contributed by atoms with van der Waals surface area (Å²) in [5.41, 5.74) is 4.14. The number of hydrogen-bond acceptors (Lipinski definition) is 0. The monoisotopic (exact) mass is 423 g/mol. The summed E-state index contributed by atoms with van der Waals surface area (Å²) < 4.78 is 0.0176. The summed E-state index contributed by atoms with van der Waals surface area (Å²) in [6, 6.07) is 32.5. The van der Waals surface area contributed by atoms with Crippen molar-refractivity contribution in [1.29, 1.82) is 0 Å². The van der Waals surface area contributed by atoms with Crippen molar-refractivity contribution in [2.45, 2.75) is 3.17 Å². The number of hydrogen-bond donors (Lipinski definition) is 0. The van der Waals surface area contributed by atoms with Crippen LogP contribution in [0, 0.1) is 0 Å². The number of benzene rings is 3. The van der Waals surface area contributed by atoms with Gasteiger partial charge in [-0.2, -0.15) is 0 Å². The molecule has 0 fully saturated rings. The van der Waals surface area contributed by atoms with Crippen molar-refractivity contribution >= 4 is 0 Å². The Hall–Kier alpha value is -1.47. The zero-order valence-electron chi connectivity index (χ0n) is 11.2. The predicted molar refractivity (Wildman–Crippen MR) is 79.2 cm³/mol. The van der Waals surface area contributed by atoms with E-state index in [4.69, 9.17) is 0 Å². The van der Waals surface area contributed by atoms with E-state index >= 15 is 0 Å². The number of rotatable bonds is 3. The van der Waals surface area contributed by atoms with Crippen LogP contribution in [0.3, 0.4) is 0 Å². The molecule has 0 heterocycles. The molecule has 0 saturated carbocycles. The zero-order valence-corrected chi connectivity index (χ0v) is 14.8. The molecule has 0 aliphatic rings. The van der Waals surface area contributed by atoms with Crippen LogP contribution >= 0.6 is 0 Å². The Morgan fingerprint density at radius 1 is 0.450 bits per heavy atom. The van der Waals surface area contributed by atoms with E-state index in [2.05, 4.69) is 91.0 Å². The van der Waals surface area contributed by atoms with E-state index in [1.165, 1.54) is 16.7 Å². The first-order valence-corrected chi connectivity index (χ1v) is 8.53. The fourth-order valence-electron chi connectivity index (χ4n) is 2.56. The van der Waals surface area contributed by atoms with Crippen LogP contribution < -0.4 is 0 Å². The van der Waals surface area contributed by atoms with Crippen molar-refractivity contribution in [3.05, 3.63) is 108 Å². The molecule has 0 atom stereocenters. The standard InChI is InChI=1S/C19H15.Hf/c1-4-10-16(11-5-1)19(17-12-6-2-7-13-17)18-14-8-3-9-15-18;/h1-15H;. The molecule has 20 heavy (non-hydrogen) atoms. The van der Waals surface area contributed by atoms with Crippen LogP contribution in [0.4, 0.5) is 0 Å². The molecule has 3 rings (SSSR count). The maximum absolute atomic E-state index is 2.24. The van der Waals surface area contributed by atoms with Gasteiger partial charge in [0, 0.05) is 0 Å². The van der Waals surface area contributed by atoms with Gasteiger partial charge in [-0.1, -0.05) is 0 Å². The summed E-state index contributed by atoms with van der Waals surface area (Å²) in [5, 5.41) is 0. The first-order valence-electron chi connectivity index (χ1n) is 6.73. The summed E-state index contributed by atoms with van der Waals surface area (Å²) in [6.45, 7) is 0. The van der Waals surface area contributed by atoms with Crippen molar-refractivity contribution in [2.24, 2.45) is 0 Å². The van der Waals surface area contributed by atoms with Gasteiger partial charge in [0.05, 0.1) is 0 Å². The van der Waals surface area contributed by atoms with Crippen molar-refractivity contribution in [3.8, 4) is 0 Å². The van der Waals surface area contributed by atoms with Crippen LogP contribution in [0.25, 0.3) is 0 Å². The van der Waals surface area contributed by atoms with Crippen molar-refractivity contribution in [1.82, 2.24) is 0 Å². The Labute approximate surface area is 135 Å². The summed E-state index contributed by atoms with van der Waals surface area (Å²) in [4.78, 5) is 0. The van der Waals surface area contributed by atoms with Gasteiger partial charge in [0.25, 0.3) is 0 Å². The molecule has 0 amide bonds. The molecule has 0 saturated heterocycles. The zero-order chi connectivity index (χ0) is 13.8. The molecular weight excluding hydrogens is 407 g/mol. The minimum absolute atomic E-state index is 0.0176. The Morgan fingerprint density at radius 3 is 0.950 bits per heavy atom. The molecule has 0 nitrogen and oxygen atoms in total. The van der Waals surface area contributed by atoms with E-state index in [9.17, 15) is 0 Å². The first-order chi connectivity index (χ1) is 9.82. The van der Waals surface area contributed by atoms with Crippen LogP contribution in [0.15, 0.2) is 91.0 Å². The maximum atomic E-state index is 2.24. The molecule has 0 spiro atoms.